The second kappa shape index (κ2) is 5.97. The molecule has 1 N–H and O–H groups in total. The van der Waals surface area contributed by atoms with Crippen molar-refractivity contribution in [3.05, 3.63) is 35.4 Å². The molecule has 1 heterocycles. The zero-order valence-electron chi connectivity index (χ0n) is 11.1. The van der Waals surface area contributed by atoms with Gasteiger partial charge in [-0.2, -0.15) is 0 Å². The van der Waals surface area contributed by atoms with E-state index < -0.39 is 5.97 Å². The van der Waals surface area contributed by atoms with Gasteiger partial charge in [0.05, 0.1) is 12.5 Å². The lowest BCUT2D eigenvalue weighted by molar-refractivity contribution is -0.143. The van der Waals surface area contributed by atoms with Crippen LogP contribution in [0.5, 0.6) is 0 Å². The number of benzene rings is 1. The van der Waals surface area contributed by atoms with Gasteiger partial charge in [0, 0.05) is 12.1 Å². The molecular formula is C15H19NO3. The standard InChI is InChI=1S/C15H19NO3/c1-11-4-6-12(7-5-11)14(17)10-16-8-2-3-13(9-16)15(18)19/h4-7,13H,2-3,8-10H2,1H3,(H,18,19). The maximum atomic E-state index is 12.1. The Morgan fingerprint density at radius 3 is 2.63 bits per heavy atom. The summed E-state index contributed by atoms with van der Waals surface area (Å²) in [7, 11) is 0. The van der Waals surface area contributed by atoms with E-state index in [1.807, 2.05) is 36.1 Å². The van der Waals surface area contributed by atoms with Gasteiger partial charge in [-0.25, -0.2) is 0 Å². The molecule has 4 nitrogen and oxygen atoms in total. The number of nitrogens with zero attached hydrogens (tertiary/aromatic N) is 1. The second-order valence-corrected chi connectivity index (χ2v) is 5.20. The molecule has 1 aromatic rings. The number of Topliss-reactive ketones (excluding diaryl/α,β-unsaturated/α-hetero) is 1. The number of rotatable bonds is 4. The summed E-state index contributed by atoms with van der Waals surface area (Å²) in [6.07, 6.45) is 1.56. The molecule has 2 rings (SSSR count). The summed E-state index contributed by atoms with van der Waals surface area (Å²) in [5.41, 5.74) is 1.82. The molecule has 0 aliphatic carbocycles. The first-order valence-corrected chi connectivity index (χ1v) is 6.61. The van der Waals surface area contributed by atoms with Crippen LogP contribution in [0.2, 0.25) is 0 Å². The number of carboxylic acids is 1. The predicted octanol–water partition coefficient (Wildman–Crippen LogP) is 1.97. The Kier molecular flexibility index (Phi) is 4.32. The lowest BCUT2D eigenvalue weighted by atomic mass is 9.97. The van der Waals surface area contributed by atoms with E-state index in [-0.39, 0.29) is 11.7 Å². The van der Waals surface area contributed by atoms with E-state index in [2.05, 4.69) is 0 Å². The van der Waals surface area contributed by atoms with Crippen LogP contribution in [0.25, 0.3) is 0 Å². The molecule has 1 unspecified atom stereocenters. The van der Waals surface area contributed by atoms with E-state index in [4.69, 9.17) is 5.11 Å². The van der Waals surface area contributed by atoms with Crippen molar-refractivity contribution in [1.82, 2.24) is 4.90 Å². The average molecular weight is 261 g/mol. The monoisotopic (exact) mass is 261 g/mol. The van der Waals surface area contributed by atoms with Gasteiger partial charge >= 0.3 is 5.97 Å². The number of hydrogen-bond donors (Lipinski definition) is 1. The molecule has 1 atom stereocenters. The van der Waals surface area contributed by atoms with Crippen molar-refractivity contribution in [2.45, 2.75) is 19.8 Å². The first-order valence-electron chi connectivity index (χ1n) is 6.61. The molecule has 1 fully saturated rings. The maximum Gasteiger partial charge on any atom is 0.307 e. The molecule has 1 aliphatic heterocycles. The van der Waals surface area contributed by atoms with Crippen LogP contribution in [0.4, 0.5) is 0 Å². The molecule has 1 aliphatic rings. The van der Waals surface area contributed by atoms with Crippen molar-refractivity contribution < 1.29 is 14.7 Å². The highest BCUT2D eigenvalue weighted by Crippen LogP contribution is 2.17. The Bertz CT molecular complexity index is 467. The summed E-state index contributed by atoms with van der Waals surface area (Å²) in [5, 5.41) is 9.03. The number of carbonyl (C=O) groups excluding carboxylic acids is 1. The summed E-state index contributed by atoms with van der Waals surface area (Å²) in [4.78, 5) is 25.0. The van der Waals surface area contributed by atoms with Crippen LogP contribution < -0.4 is 0 Å². The van der Waals surface area contributed by atoms with Gasteiger partial charge in [0.15, 0.2) is 5.78 Å². The zero-order valence-corrected chi connectivity index (χ0v) is 11.1. The lowest BCUT2D eigenvalue weighted by Crippen LogP contribution is -2.41. The number of likely N-dealkylation sites (tertiary alicyclic amines) is 1. The topological polar surface area (TPSA) is 57.6 Å². The number of carbonyl (C=O) groups is 2. The van der Waals surface area contributed by atoms with E-state index in [9.17, 15) is 9.59 Å². The number of aliphatic carboxylic acids is 1. The van der Waals surface area contributed by atoms with Crippen LogP contribution in [0.1, 0.15) is 28.8 Å². The summed E-state index contributed by atoms with van der Waals surface area (Å²) in [6.45, 7) is 3.58. The normalized spacial score (nSPS) is 20.2. The van der Waals surface area contributed by atoms with Gasteiger partial charge in [0.25, 0.3) is 0 Å². The number of piperidine rings is 1. The third kappa shape index (κ3) is 3.64. The lowest BCUT2D eigenvalue weighted by Gasteiger charge is -2.29. The van der Waals surface area contributed by atoms with Gasteiger partial charge in [0.1, 0.15) is 0 Å². The quantitative estimate of drug-likeness (QED) is 0.842. The SMILES string of the molecule is Cc1ccc(C(=O)CN2CCCC(C(=O)O)C2)cc1. The van der Waals surface area contributed by atoms with Crippen molar-refractivity contribution in [3.63, 3.8) is 0 Å². The second-order valence-electron chi connectivity index (χ2n) is 5.20. The van der Waals surface area contributed by atoms with Gasteiger partial charge < -0.3 is 5.11 Å². The van der Waals surface area contributed by atoms with Gasteiger partial charge in [-0.05, 0) is 26.3 Å². The molecule has 102 valence electrons. The largest absolute Gasteiger partial charge is 0.481 e. The molecule has 0 bridgehead atoms. The minimum absolute atomic E-state index is 0.0611. The van der Waals surface area contributed by atoms with Crippen LogP contribution in [0, 0.1) is 12.8 Å². The summed E-state index contributed by atoms with van der Waals surface area (Å²) in [5.74, 6) is -1.03. The van der Waals surface area contributed by atoms with Crippen molar-refractivity contribution in [3.8, 4) is 0 Å². The smallest absolute Gasteiger partial charge is 0.307 e. The highest BCUT2D eigenvalue weighted by Gasteiger charge is 2.26. The van der Waals surface area contributed by atoms with Crippen LogP contribution in [-0.2, 0) is 4.79 Å². The molecule has 0 aromatic heterocycles. The minimum Gasteiger partial charge on any atom is -0.481 e. The molecule has 0 spiro atoms. The van der Waals surface area contributed by atoms with E-state index in [1.54, 1.807) is 0 Å². The Hall–Kier alpha value is -1.68. The first kappa shape index (κ1) is 13.7. The average Bonchev–Trinajstić information content (AvgIpc) is 2.39. The molecule has 0 radical (unpaired) electrons. The summed E-state index contributed by atoms with van der Waals surface area (Å²) >= 11 is 0. The Balaban J connectivity index is 1.95. The van der Waals surface area contributed by atoms with Gasteiger partial charge in [-0.15, -0.1) is 0 Å². The molecule has 0 amide bonds. The Morgan fingerprint density at radius 2 is 2.00 bits per heavy atom. The predicted molar refractivity (Wildman–Crippen MR) is 72.3 cm³/mol. The maximum absolute atomic E-state index is 12.1. The van der Waals surface area contributed by atoms with Gasteiger partial charge in [0.2, 0.25) is 0 Å². The highest BCUT2D eigenvalue weighted by atomic mass is 16.4. The highest BCUT2D eigenvalue weighted by molar-refractivity contribution is 5.97. The minimum atomic E-state index is -0.757. The molecule has 4 heteroatoms. The third-order valence-corrected chi connectivity index (χ3v) is 3.60. The van der Waals surface area contributed by atoms with E-state index in [0.29, 0.717) is 25.1 Å². The van der Waals surface area contributed by atoms with Crippen LogP contribution in [0.3, 0.4) is 0 Å². The Morgan fingerprint density at radius 1 is 1.32 bits per heavy atom. The fourth-order valence-corrected chi connectivity index (χ4v) is 2.43. The fraction of sp³-hybridized carbons (Fsp3) is 0.467. The van der Waals surface area contributed by atoms with E-state index in [0.717, 1.165) is 18.5 Å². The van der Waals surface area contributed by atoms with E-state index >= 15 is 0 Å². The van der Waals surface area contributed by atoms with Crippen molar-refractivity contribution in [2.75, 3.05) is 19.6 Å². The number of ketones is 1. The fourth-order valence-electron chi connectivity index (χ4n) is 2.43. The molecule has 0 saturated carbocycles. The molecule has 1 aromatic carbocycles. The van der Waals surface area contributed by atoms with Crippen LogP contribution >= 0.6 is 0 Å². The summed E-state index contributed by atoms with van der Waals surface area (Å²) < 4.78 is 0. The number of carboxylic acid groups (broad SMARTS) is 1. The van der Waals surface area contributed by atoms with Crippen molar-refractivity contribution in [1.29, 1.82) is 0 Å². The van der Waals surface area contributed by atoms with Crippen LogP contribution in [0.15, 0.2) is 24.3 Å². The first-order chi connectivity index (χ1) is 9.06. The van der Waals surface area contributed by atoms with Crippen molar-refractivity contribution in [2.24, 2.45) is 5.92 Å². The zero-order chi connectivity index (χ0) is 13.8. The number of aryl methyl sites for hydroxylation is 1. The van der Waals surface area contributed by atoms with Crippen molar-refractivity contribution >= 4 is 11.8 Å². The molecular weight excluding hydrogens is 242 g/mol. The van der Waals surface area contributed by atoms with Gasteiger partial charge in [-0.3, -0.25) is 14.5 Å². The van der Waals surface area contributed by atoms with Crippen LogP contribution in [-0.4, -0.2) is 41.4 Å². The Labute approximate surface area is 113 Å². The van der Waals surface area contributed by atoms with E-state index in [1.165, 1.54) is 0 Å². The summed E-state index contributed by atoms with van der Waals surface area (Å²) in [6, 6.07) is 7.50. The number of hydrogen-bond acceptors (Lipinski definition) is 3. The third-order valence-electron chi connectivity index (χ3n) is 3.60. The van der Waals surface area contributed by atoms with Gasteiger partial charge in [-0.1, -0.05) is 29.8 Å². The molecule has 1 saturated heterocycles. The molecule has 19 heavy (non-hydrogen) atoms.